The minimum absolute atomic E-state index is 0.0640. The number of ether oxygens (including phenoxy) is 3. The lowest BCUT2D eigenvalue weighted by molar-refractivity contribution is -0.139. The van der Waals surface area contributed by atoms with Crippen molar-refractivity contribution in [2.45, 2.75) is 63.3 Å². The maximum atomic E-state index is 14.5. The molecule has 522 valence electrons. The van der Waals surface area contributed by atoms with E-state index in [4.69, 9.17) is 14.2 Å². The number of nitrogens with zero attached hydrogens (tertiary/aromatic N) is 5. The molecule has 15 nitrogen and oxygen atoms in total. The topological polar surface area (TPSA) is 200 Å². The third-order valence-electron chi connectivity index (χ3n) is 14.2. The molecule has 0 saturated carbocycles. The maximum absolute atomic E-state index is 14.5. The zero-order valence-corrected chi connectivity index (χ0v) is 50.7. The van der Waals surface area contributed by atoms with Gasteiger partial charge in [0.05, 0.1) is 46.5 Å². The molecule has 0 radical (unpaired) electrons. The maximum Gasteiger partial charge on any atom is 0.421 e. The summed E-state index contributed by atoms with van der Waals surface area (Å²) in [7, 11) is 0. The summed E-state index contributed by atoms with van der Waals surface area (Å²) >= 11 is 0. The number of anilines is 2. The van der Waals surface area contributed by atoms with Crippen molar-refractivity contribution >= 4 is 34.2 Å². The first-order valence-electron chi connectivity index (χ1n) is 28.6. The number of aromatic nitrogens is 5. The Balaban J connectivity index is 0.000000191. The van der Waals surface area contributed by atoms with E-state index in [9.17, 15) is 104 Å². The molecule has 0 aliphatic carbocycles. The van der Waals surface area contributed by atoms with Crippen molar-refractivity contribution in [1.82, 2.24) is 24.5 Å². The number of alkyl halides is 9. The van der Waals surface area contributed by atoms with Crippen molar-refractivity contribution < 1.29 is 113 Å². The van der Waals surface area contributed by atoms with Gasteiger partial charge in [0, 0.05) is 83.1 Å². The Hall–Kier alpha value is -11.7. The van der Waals surface area contributed by atoms with Crippen molar-refractivity contribution in [2.24, 2.45) is 0 Å². The number of carboxylic acid groups (broad SMARTS) is 2. The number of nitrogens with one attached hydrogen (secondary N) is 2. The second-order valence-electron chi connectivity index (χ2n) is 20.8. The van der Waals surface area contributed by atoms with E-state index in [1.165, 1.54) is 34.9 Å². The molecule has 33 heteroatoms. The predicted octanol–water partition coefficient (Wildman–Crippen LogP) is 18.9. The molecule has 10 rings (SSSR count). The van der Waals surface area contributed by atoms with Crippen molar-refractivity contribution in [3.63, 3.8) is 0 Å². The van der Waals surface area contributed by atoms with Crippen LogP contribution in [0.2, 0.25) is 0 Å². The van der Waals surface area contributed by atoms with Crippen LogP contribution in [-0.4, -0.2) is 46.7 Å². The predicted molar refractivity (Wildman–Crippen MR) is 321 cm³/mol. The van der Waals surface area contributed by atoms with Crippen molar-refractivity contribution in [3.05, 3.63) is 272 Å². The first kappa shape index (κ1) is 74.1. The van der Waals surface area contributed by atoms with Crippen LogP contribution >= 0.6 is 0 Å². The van der Waals surface area contributed by atoms with Gasteiger partial charge in [0.25, 0.3) is 5.56 Å². The number of carbonyl (C=O) groups is 2. The van der Waals surface area contributed by atoms with Gasteiger partial charge in [-0.25, -0.2) is 64.1 Å². The highest BCUT2D eigenvalue weighted by molar-refractivity contribution is 5.95. The average molecular weight is 1420 g/mol. The molecule has 4 N–H and O–H groups in total. The molecule has 0 spiro atoms. The summed E-state index contributed by atoms with van der Waals surface area (Å²) in [6.07, 6.45) is -8.54. The molecule has 0 bridgehead atoms. The average Bonchev–Trinajstić information content (AvgIpc) is 0.773. The summed E-state index contributed by atoms with van der Waals surface area (Å²) in [6, 6.07) is 15.5. The highest BCUT2D eigenvalue weighted by atomic mass is 19.4. The van der Waals surface area contributed by atoms with Gasteiger partial charge in [0.15, 0.2) is 0 Å². The highest BCUT2D eigenvalue weighted by Crippen LogP contribution is 2.42. The molecule has 0 fully saturated rings. The Labute approximate surface area is 551 Å². The molecule has 6 aromatic carbocycles. The van der Waals surface area contributed by atoms with Crippen LogP contribution in [0.5, 0.6) is 34.9 Å². The van der Waals surface area contributed by atoms with E-state index >= 15 is 0 Å². The molecular weight excluding hydrogens is 1370 g/mol. The molecule has 0 saturated heterocycles. The number of aromatic carboxylic acids is 2. The fraction of sp³-hybridized carbons (Fsp3) is 0.149. The Kier molecular flexibility index (Phi) is 22.8. The zero-order chi connectivity index (χ0) is 73.3. The number of carboxylic acids is 2. The SMILES string of the molecule is C=C[C@@H](Nc1ccc(Oc2ncccc2C(F)(F)F)cc1C(=O)O)c1c(F)cc(F)cc1F.CC[C@@H](Nc1ccc(Oc2ncccc2C(F)(F)F)cc1C(=O)O)c1c(F)cc(F)cc1F.CC[C@H](c1c(F)cc(F)cc1F)n1cnc(=O)c2cc(Oc3ncccc3C(F)(F)F)ccc21. The minimum Gasteiger partial charge on any atom is -0.478 e. The second-order valence-corrected chi connectivity index (χ2v) is 20.8. The van der Waals surface area contributed by atoms with Gasteiger partial charge in [-0.3, -0.25) is 4.79 Å². The number of halogens is 18. The molecule has 4 heterocycles. The van der Waals surface area contributed by atoms with Gasteiger partial charge in [-0.15, -0.1) is 6.58 Å². The summed E-state index contributed by atoms with van der Waals surface area (Å²) in [6.45, 7) is 6.64. The van der Waals surface area contributed by atoms with E-state index in [1.54, 1.807) is 13.8 Å². The number of hydrogen-bond donors (Lipinski definition) is 4. The van der Waals surface area contributed by atoms with Gasteiger partial charge in [0.1, 0.15) is 86.3 Å². The summed E-state index contributed by atoms with van der Waals surface area (Å²) in [5.74, 6) is -16.2. The van der Waals surface area contributed by atoms with Crippen LogP contribution in [-0.2, 0) is 18.5 Å². The number of hydrogen-bond acceptors (Lipinski definition) is 12. The highest BCUT2D eigenvalue weighted by Gasteiger charge is 2.38. The van der Waals surface area contributed by atoms with Crippen molar-refractivity contribution in [3.8, 4) is 34.9 Å². The molecule has 3 atom stereocenters. The lowest BCUT2D eigenvalue weighted by Crippen LogP contribution is -2.19. The van der Waals surface area contributed by atoms with Crippen LogP contribution in [0.1, 0.15) is 98.9 Å². The summed E-state index contributed by atoms with van der Waals surface area (Å²) in [4.78, 5) is 50.3. The van der Waals surface area contributed by atoms with E-state index in [2.05, 4.69) is 37.1 Å². The van der Waals surface area contributed by atoms with Gasteiger partial charge in [-0.05, 0) is 104 Å². The van der Waals surface area contributed by atoms with Gasteiger partial charge < -0.3 is 39.6 Å². The van der Waals surface area contributed by atoms with Gasteiger partial charge in [-0.1, -0.05) is 19.9 Å². The molecule has 0 aliphatic rings. The summed E-state index contributed by atoms with van der Waals surface area (Å²) in [5.41, 5.74) is -6.62. The zero-order valence-electron chi connectivity index (χ0n) is 50.7. The standard InChI is InChI=1S/C23H15F6N3O2.C22H16F6N2O3.C22H14F6N2O3/c1-2-18(20-16(25)8-12(24)9-17(20)26)32-11-31-21(33)14-10-13(5-6-19(14)32)34-22-15(23(27,28)29)4-3-7-30-22;2*1-2-17(19-15(24)8-11(23)9-16(19)25)30-18-6-5-12(10-13(18)21(31)32)33-20-14(22(26,27)28)4-3-7-29-20/h3-11,18H,2H2,1H3;3-10,17,30H,2H2,1H3,(H,31,32);2-10,17,30H,1H2,(H,31,32)/t18-;2*17-/m111/s1. The van der Waals surface area contributed by atoms with E-state index in [-0.39, 0.29) is 52.4 Å². The third kappa shape index (κ3) is 17.5. The number of benzene rings is 6. The van der Waals surface area contributed by atoms with Gasteiger partial charge in [0.2, 0.25) is 17.6 Å². The Morgan fingerprint density at radius 3 is 1.24 bits per heavy atom. The third-order valence-corrected chi connectivity index (χ3v) is 14.2. The number of pyridine rings is 3. The van der Waals surface area contributed by atoms with E-state index in [0.29, 0.717) is 36.4 Å². The Morgan fingerprint density at radius 1 is 0.500 bits per heavy atom. The number of rotatable bonds is 19. The molecule has 4 aromatic heterocycles. The lowest BCUT2D eigenvalue weighted by Gasteiger charge is -2.22. The fourth-order valence-electron chi connectivity index (χ4n) is 9.78. The van der Waals surface area contributed by atoms with E-state index in [1.807, 2.05) is 0 Å². The fourth-order valence-corrected chi connectivity index (χ4v) is 9.78. The Morgan fingerprint density at radius 2 is 0.870 bits per heavy atom. The van der Waals surface area contributed by atoms with Crippen LogP contribution in [0, 0.1) is 52.4 Å². The van der Waals surface area contributed by atoms with Crippen LogP contribution in [0.3, 0.4) is 0 Å². The van der Waals surface area contributed by atoms with E-state index < -0.39 is 169 Å². The quantitative estimate of drug-likeness (QED) is 0.0440. The summed E-state index contributed by atoms with van der Waals surface area (Å²) in [5, 5.41) is 24.3. The normalized spacial score (nSPS) is 12.4. The molecule has 0 unspecified atom stereocenters. The van der Waals surface area contributed by atoms with Crippen LogP contribution in [0.25, 0.3) is 10.9 Å². The largest absolute Gasteiger partial charge is 0.478 e. The molecular formula is C67H45F18N7O8. The van der Waals surface area contributed by atoms with Gasteiger partial charge >= 0.3 is 30.5 Å². The molecule has 0 aliphatic heterocycles. The van der Waals surface area contributed by atoms with Crippen molar-refractivity contribution in [1.29, 1.82) is 0 Å². The number of fused-ring (bicyclic) bond motifs is 1. The first-order valence-corrected chi connectivity index (χ1v) is 28.6. The lowest BCUT2D eigenvalue weighted by atomic mass is 10.0. The Bertz CT molecular complexity index is 4700. The van der Waals surface area contributed by atoms with Crippen LogP contribution < -0.4 is 30.4 Å². The molecule has 100 heavy (non-hydrogen) atoms. The first-order chi connectivity index (χ1) is 47.1. The minimum atomic E-state index is -4.76. The monoisotopic (exact) mass is 1420 g/mol. The van der Waals surface area contributed by atoms with Crippen LogP contribution in [0.15, 0.2) is 170 Å². The van der Waals surface area contributed by atoms with Crippen molar-refractivity contribution in [2.75, 3.05) is 10.6 Å². The molecule has 10 aromatic rings. The molecule has 0 amide bonds. The summed E-state index contributed by atoms with van der Waals surface area (Å²) < 4.78 is 261. The second kappa shape index (κ2) is 30.8. The van der Waals surface area contributed by atoms with E-state index in [0.717, 1.165) is 91.7 Å². The smallest absolute Gasteiger partial charge is 0.421 e. The van der Waals surface area contributed by atoms with Gasteiger partial charge in [-0.2, -0.15) is 44.5 Å². The van der Waals surface area contributed by atoms with Crippen LogP contribution in [0.4, 0.5) is 90.4 Å².